The van der Waals surface area contributed by atoms with E-state index in [9.17, 15) is 9.18 Å². The van der Waals surface area contributed by atoms with Crippen LogP contribution in [0.1, 0.15) is 38.1 Å². The third-order valence-electron chi connectivity index (χ3n) is 3.11. The minimum absolute atomic E-state index is 0.0163. The van der Waals surface area contributed by atoms with Crippen molar-refractivity contribution in [3.8, 4) is 0 Å². The van der Waals surface area contributed by atoms with Gasteiger partial charge in [-0.1, -0.05) is 0 Å². The molecule has 0 aliphatic heterocycles. The van der Waals surface area contributed by atoms with E-state index in [1.165, 1.54) is 6.20 Å². The van der Waals surface area contributed by atoms with E-state index < -0.39 is 11.8 Å². The molecule has 0 aromatic carbocycles. The molecule has 1 aromatic rings. The number of aromatic nitrogens is 1. The van der Waals surface area contributed by atoms with E-state index in [-0.39, 0.29) is 11.4 Å². The third-order valence-corrected chi connectivity index (χ3v) is 3.11. The number of hydrogen-bond donors (Lipinski definition) is 2. The Morgan fingerprint density at radius 3 is 2.50 bits per heavy atom. The molecular weight excluding hydrogens is 261 g/mol. The lowest BCUT2D eigenvalue weighted by atomic mass is 10.2. The molecule has 0 unspecified atom stereocenters. The molecule has 0 aliphatic rings. The van der Waals surface area contributed by atoms with Crippen molar-refractivity contribution in [3.63, 3.8) is 0 Å². The molecule has 0 saturated carbocycles. The predicted octanol–water partition coefficient (Wildman–Crippen LogP) is 2.45. The minimum atomic E-state index is -1.29. The lowest BCUT2D eigenvalue weighted by Gasteiger charge is -2.30. The summed E-state index contributed by atoms with van der Waals surface area (Å²) in [7, 11) is 0. The zero-order valence-electron chi connectivity index (χ0n) is 12.4. The van der Waals surface area contributed by atoms with Crippen LogP contribution in [0, 0.1) is 5.82 Å². The molecule has 0 bridgehead atoms. The molecule has 0 aliphatic carbocycles. The molecule has 5 nitrogen and oxygen atoms in total. The number of carbonyl (C=O) groups is 1. The Morgan fingerprint density at radius 1 is 1.40 bits per heavy atom. The van der Waals surface area contributed by atoms with Crippen molar-refractivity contribution in [1.29, 1.82) is 0 Å². The Balaban J connectivity index is 2.67. The molecule has 0 radical (unpaired) electrons. The number of aromatic carboxylic acids is 1. The fourth-order valence-electron chi connectivity index (χ4n) is 2.15. The first kappa shape index (κ1) is 16.4. The number of halogens is 1. The van der Waals surface area contributed by atoms with Crippen LogP contribution in [0.3, 0.4) is 0 Å². The normalized spacial score (nSPS) is 11.4. The summed E-state index contributed by atoms with van der Waals surface area (Å²) in [6.45, 7) is 9.64. The Labute approximate surface area is 118 Å². The molecule has 0 fully saturated rings. The van der Waals surface area contributed by atoms with Crippen LogP contribution >= 0.6 is 0 Å². The van der Waals surface area contributed by atoms with Crippen molar-refractivity contribution in [2.24, 2.45) is 0 Å². The van der Waals surface area contributed by atoms with Crippen molar-refractivity contribution >= 4 is 11.8 Å². The van der Waals surface area contributed by atoms with Gasteiger partial charge in [-0.3, -0.25) is 4.90 Å². The van der Waals surface area contributed by atoms with E-state index >= 15 is 0 Å². The summed E-state index contributed by atoms with van der Waals surface area (Å²) in [5.74, 6) is -2.13. The fourth-order valence-corrected chi connectivity index (χ4v) is 2.15. The number of nitrogens with one attached hydrogen (secondary N) is 1. The van der Waals surface area contributed by atoms with Gasteiger partial charge >= 0.3 is 5.97 Å². The summed E-state index contributed by atoms with van der Waals surface area (Å²) < 4.78 is 13.8. The maximum absolute atomic E-state index is 13.8. The number of hydrogen-bond acceptors (Lipinski definition) is 4. The Bertz CT molecular complexity index is 456. The number of carboxylic acid groups (broad SMARTS) is 1. The number of rotatable bonds is 7. The molecule has 0 atom stereocenters. The van der Waals surface area contributed by atoms with E-state index in [0.29, 0.717) is 18.6 Å². The van der Waals surface area contributed by atoms with Crippen molar-refractivity contribution in [2.45, 2.75) is 39.8 Å². The van der Waals surface area contributed by atoms with Gasteiger partial charge in [0, 0.05) is 31.4 Å². The smallest absolute Gasteiger partial charge is 0.338 e. The fraction of sp³-hybridized carbons (Fsp3) is 0.571. The van der Waals surface area contributed by atoms with Gasteiger partial charge in [0.15, 0.2) is 11.6 Å². The maximum atomic E-state index is 13.8. The standard InChI is InChI=1S/C14H22FN3O2/c1-9(2)18(10(3)4)8-7-17-13-12(15)11(14(19)20)5-6-16-13/h5-6,9-10H,7-8H2,1-4H3,(H,16,17)(H,19,20). The van der Waals surface area contributed by atoms with E-state index in [1.807, 2.05) is 0 Å². The van der Waals surface area contributed by atoms with Crippen LogP contribution < -0.4 is 5.32 Å². The van der Waals surface area contributed by atoms with Crippen molar-refractivity contribution in [2.75, 3.05) is 18.4 Å². The number of carboxylic acids is 1. The quantitative estimate of drug-likeness (QED) is 0.804. The SMILES string of the molecule is CC(C)N(CCNc1nccc(C(=O)O)c1F)C(C)C. The highest BCUT2D eigenvalue weighted by atomic mass is 19.1. The minimum Gasteiger partial charge on any atom is -0.478 e. The van der Waals surface area contributed by atoms with Gasteiger partial charge in [-0.15, -0.1) is 0 Å². The molecule has 1 heterocycles. The van der Waals surface area contributed by atoms with E-state index in [4.69, 9.17) is 5.11 Å². The van der Waals surface area contributed by atoms with Crippen LogP contribution in [0.4, 0.5) is 10.2 Å². The Morgan fingerprint density at radius 2 is 2.00 bits per heavy atom. The monoisotopic (exact) mass is 283 g/mol. The first-order valence-electron chi connectivity index (χ1n) is 6.72. The third kappa shape index (κ3) is 4.16. The van der Waals surface area contributed by atoms with Gasteiger partial charge in [0.25, 0.3) is 0 Å². The number of nitrogens with zero attached hydrogens (tertiary/aromatic N) is 2. The molecule has 20 heavy (non-hydrogen) atoms. The van der Waals surface area contributed by atoms with Crippen LogP contribution in [0.5, 0.6) is 0 Å². The molecule has 1 rings (SSSR count). The molecule has 1 aromatic heterocycles. The average Bonchev–Trinajstić information content (AvgIpc) is 2.34. The topological polar surface area (TPSA) is 65.5 Å². The molecule has 0 amide bonds. The molecule has 0 spiro atoms. The highest BCUT2D eigenvalue weighted by Gasteiger charge is 2.16. The lowest BCUT2D eigenvalue weighted by Crippen LogP contribution is -2.40. The second kappa shape index (κ2) is 7.19. The lowest BCUT2D eigenvalue weighted by molar-refractivity contribution is 0.0692. The second-order valence-electron chi connectivity index (χ2n) is 5.18. The summed E-state index contributed by atoms with van der Waals surface area (Å²) in [4.78, 5) is 16.9. The van der Waals surface area contributed by atoms with Gasteiger partial charge in [-0.2, -0.15) is 0 Å². The van der Waals surface area contributed by atoms with Crippen LogP contribution in [0.25, 0.3) is 0 Å². The van der Waals surface area contributed by atoms with Crippen molar-refractivity contribution in [3.05, 3.63) is 23.6 Å². The second-order valence-corrected chi connectivity index (χ2v) is 5.18. The Kier molecular flexibility index (Phi) is 5.88. The van der Waals surface area contributed by atoms with Gasteiger partial charge in [-0.25, -0.2) is 14.2 Å². The molecule has 6 heteroatoms. The van der Waals surface area contributed by atoms with Crippen LogP contribution in [-0.4, -0.2) is 46.1 Å². The summed E-state index contributed by atoms with van der Waals surface area (Å²) in [6.07, 6.45) is 1.29. The van der Waals surface area contributed by atoms with Gasteiger partial charge in [0.2, 0.25) is 0 Å². The van der Waals surface area contributed by atoms with Crippen molar-refractivity contribution in [1.82, 2.24) is 9.88 Å². The largest absolute Gasteiger partial charge is 0.478 e. The molecule has 112 valence electrons. The molecular formula is C14H22FN3O2. The maximum Gasteiger partial charge on any atom is 0.338 e. The predicted molar refractivity (Wildman–Crippen MR) is 76.6 cm³/mol. The average molecular weight is 283 g/mol. The van der Waals surface area contributed by atoms with Gasteiger partial charge < -0.3 is 10.4 Å². The summed E-state index contributed by atoms with van der Waals surface area (Å²) in [6, 6.07) is 1.93. The zero-order valence-corrected chi connectivity index (χ0v) is 12.4. The highest BCUT2D eigenvalue weighted by molar-refractivity contribution is 5.88. The summed E-state index contributed by atoms with van der Waals surface area (Å²) >= 11 is 0. The molecule has 2 N–H and O–H groups in total. The van der Waals surface area contributed by atoms with E-state index in [0.717, 1.165) is 12.6 Å². The zero-order chi connectivity index (χ0) is 15.3. The van der Waals surface area contributed by atoms with E-state index in [2.05, 4.69) is 42.9 Å². The van der Waals surface area contributed by atoms with Gasteiger partial charge in [0.1, 0.15) is 5.56 Å². The highest BCUT2D eigenvalue weighted by Crippen LogP contribution is 2.15. The first-order valence-corrected chi connectivity index (χ1v) is 6.72. The van der Waals surface area contributed by atoms with Crippen LogP contribution in [-0.2, 0) is 0 Å². The number of anilines is 1. The van der Waals surface area contributed by atoms with E-state index in [1.54, 1.807) is 0 Å². The molecule has 0 saturated heterocycles. The summed E-state index contributed by atoms with van der Waals surface area (Å²) in [5.41, 5.74) is -0.368. The van der Waals surface area contributed by atoms with Gasteiger partial charge in [-0.05, 0) is 33.8 Å². The number of pyridine rings is 1. The van der Waals surface area contributed by atoms with Crippen LogP contribution in [0.15, 0.2) is 12.3 Å². The van der Waals surface area contributed by atoms with Crippen molar-refractivity contribution < 1.29 is 14.3 Å². The van der Waals surface area contributed by atoms with Gasteiger partial charge in [0.05, 0.1) is 0 Å². The van der Waals surface area contributed by atoms with Crippen LogP contribution in [0.2, 0.25) is 0 Å². The summed E-state index contributed by atoms with van der Waals surface area (Å²) in [5, 5.41) is 11.7. The Hall–Kier alpha value is -1.69. The first-order chi connectivity index (χ1) is 9.34.